The van der Waals surface area contributed by atoms with Crippen LogP contribution >= 0.6 is 0 Å². The largest absolute Gasteiger partial charge is 0.479 e. The van der Waals surface area contributed by atoms with Gasteiger partial charge in [0.1, 0.15) is 17.4 Å². The van der Waals surface area contributed by atoms with Gasteiger partial charge in [-0.15, -0.1) is 0 Å². The minimum absolute atomic E-state index is 0.108. The first-order valence-electron chi connectivity index (χ1n) is 8.01. The van der Waals surface area contributed by atoms with Crippen molar-refractivity contribution in [2.75, 3.05) is 13.2 Å². The first-order chi connectivity index (χ1) is 11.7. The van der Waals surface area contributed by atoms with E-state index in [1.165, 1.54) is 0 Å². The predicted molar refractivity (Wildman–Crippen MR) is 94.7 cm³/mol. The van der Waals surface area contributed by atoms with Gasteiger partial charge in [-0.2, -0.15) is 0 Å². The number of rotatable bonds is 7. The zero-order valence-corrected chi connectivity index (χ0v) is 14.9. The van der Waals surface area contributed by atoms with Crippen LogP contribution in [-0.2, 0) is 9.63 Å². The molecule has 0 saturated heterocycles. The Hall–Kier alpha value is -2.38. The van der Waals surface area contributed by atoms with Gasteiger partial charge in [0.15, 0.2) is 0 Å². The van der Waals surface area contributed by atoms with E-state index in [9.17, 15) is 9.90 Å². The third-order valence-corrected chi connectivity index (χ3v) is 3.50. The molecule has 1 atom stereocenters. The fourth-order valence-corrected chi connectivity index (χ4v) is 2.27. The molecule has 7 nitrogen and oxygen atoms in total. The number of para-hydroxylation sites is 1. The number of carboxylic acids is 1. The number of fused-ring (bicyclic) bond motifs is 1. The molecule has 0 spiro atoms. The molecule has 2 rings (SSSR count). The second-order valence-corrected chi connectivity index (χ2v) is 6.86. The van der Waals surface area contributed by atoms with E-state index < -0.39 is 18.7 Å². The summed E-state index contributed by atoms with van der Waals surface area (Å²) in [5.41, 5.74) is 1.65. The van der Waals surface area contributed by atoms with Crippen LogP contribution < -0.4 is 5.32 Å². The van der Waals surface area contributed by atoms with E-state index in [0.717, 1.165) is 5.39 Å². The Morgan fingerprint density at radius 2 is 2.12 bits per heavy atom. The van der Waals surface area contributed by atoms with E-state index in [4.69, 9.17) is 14.4 Å². The van der Waals surface area contributed by atoms with Crippen molar-refractivity contribution in [1.82, 2.24) is 5.32 Å². The third-order valence-electron chi connectivity index (χ3n) is 3.50. The van der Waals surface area contributed by atoms with Crippen LogP contribution in [0.2, 0.25) is 0 Å². The molecule has 0 bridgehead atoms. The van der Waals surface area contributed by atoms with Gasteiger partial charge in [-0.25, -0.2) is 4.79 Å². The number of furan rings is 1. The van der Waals surface area contributed by atoms with E-state index in [1.807, 2.05) is 32.9 Å². The van der Waals surface area contributed by atoms with Crippen LogP contribution in [0.15, 0.2) is 33.8 Å². The number of aliphatic hydroxyl groups excluding tert-OH is 1. The van der Waals surface area contributed by atoms with Crippen LogP contribution in [0.25, 0.3) is 11.0 Å². The monoisotopic (exact) mass is 348 g/mol. The average molecular weight is 348 g/mol. The molecule has 0 aliphatic heterocycles. The summed E-state index contributed by atoms with van der Waals surface area (Å²) >= 11 is 0. The molecule has 0 aliphatic carbocycles. The maximum Gasteiger partial charge on any atom is 0.344 e. The Bertz CT molecular complexity index is 773. The molecule has 1 aromatic carbocycles. The van der Waals surface area contributed by atoms with Crippen LogP contribution in [-0.4, -0.2) is 40.6 Å². The number of carboxylic acid groups (broad SMARTS) is 1. The SMILES string of the molecule is C/C(=N\OCC(=O)O)c1cccc2cc([C@@H](O)CNC(C)(C)C)oc12. The Morgan fingerprint density at radius 3 is 2.76 bits per heavy atom. The number of aliphatic carboxylic acids is 1. The maximum atomic E-state index is 10.5. The summed E-state index contributed by atoms with van der Waals surface area (Å²) in [5, 5.41) is 26.8. The first kappa shape index (κ1) is 19.0. The van der Waals surface area contributed by atoms with E-state index in [-0.39, 0.29) is 5.54 Å². The minimum Gasteiger partial charge on any atom is -0.479 e. The number of benzene rings is 1. The van der Waals surface area contributed by atoms with Gasteiger partial charge in [0, 0.05) is 23.0 Å². The van der Waals surface area contributed by atoms with Crippen LogP contribution in [0.4, 0.5) is 0 Å². The number of β-amino-alcohol motifs (C(OH)–C–C–N with tert-alkyl or cyclic N) is 1. The van der Waals surface area contributed by atoms with Gasteiger partial charge in [-0.05, 0) is 39.8 Å². The van der Waals surface area contributed by atoms with Gasteiger partial charge in [0.2, 0.25) is 6.61 Å². The minimum atomic E-state index is -1.09. The smallest absolute Gasteiger partial charge is 0.344 e. The van der Waals surface area contributed by atoms with Crippen molar-refractivity contribution >= 4 is 22.7 Å². The molecule has 3 N–H and O–H groups in total. The van der Waals surface area contributed by atoms with E-state index >= 15 is 0 Å². The number of nitrogens with zero attached hydrogens (tertiary/aromatic N) is 1. The molecule has 0 radical (unpaired) electrons. The van der Waals surface area contributed by atoms with Gasteiger partial charge < -0.3 is 24.8 Å². The highest BCUT2D eigenvalue weighted by molar-refractivity contribution is 6.07. The maximum absolute atomic E-state index is 10.5. The molecule has 2 aromatic rings. The highest BCUT2D eigenvalue weighted by atomic mass is 16.6. The summed E-state index contributed by atoms with van der Waals surface area (Å²) in [6, 6.07) is 7.31. The summed E-state index contributed by atoms with van der Waals surface area (Å²) in [5.74, 6) is -0.636. The summed E-state index contributed by atoms with van der Waals surface area (Å²) in [6.45, 7) is 7.63. The summed E-state index contributed by atoms with van der Waals surface area (Å²) < 4.78 is 5.83. The van der Waals surface area contributed by atoms with Crippen LogP contribution in [0.1, 0.15) is 45.1 Å². The Morgan fingerprint density at radius 1 is 1.40 bits per heavy atom. The number of hydrogen-bond acceptors (Lipinski definition) is 6. The van der Waals surface area contributed by atoms with Crippen molar-refractivity contribution < 1.29 is 24.3 Å². The van der Waals surface area contributed by atoms with Gasteiger partial charge in [-0.1, -0.05) is 17.3 Å². The molecule has 0 saturated carbocycles. The summed E-state index contributed by atoms with van der Waals surface area (Å²) in [6.07, 6.45) is -0.778. The van der Waals surface area contributed by atoms with Crippen molar-refractivity contribution in [3.05, 3.63) is 35.6 Å². The zero-order valence-electron chi connectivity index (χ0n) is 14.9. The summed E-state index contributed by atoms with van der Waals surface area (Å²) in [7, 11) is 0. The first-order valence-corrected chi connectivity index (χ1v) is 8.01. The molecule has 1 aromatic heterocycles. The standard InChI is InChI=1S/C18H24N2O5/c1-11(20-24-10-16(22)23)13-7-5-6-12-8-15(25-17(12)13)14(21)9-19-18(2,3)4/h5-8,14,19,21H,9-10H2,1-4H3,(H,22,23)/b20-11+/t14-/m0/s1. The van der Waals surface area contributed by atoms with Crippen molar-refractivity contribution in [1.29, 1.82) is 0 Å². The van der Waals surface area contributed by atoms with Crippen molar-refractivity contribution in [3.8, 4) is 0 Å². The molecule has 25 heavy (non-hydrogen) atoms. The molecule has 1 heterocycles. The Balaban J connectivity index is 2.23. The number of aliphatic hydroxyl groups is 1. The van der Waals surface area contributed by atoms with E-state index in [2.05, 4.69) is 10.5 Å². The Labute approximate surface area is 146 Å². The Kier molecular flexibility index (Phi) is 5.81. The zero-order chi connectivity index (χ0) is 18.6. The normalized spacial score (nSPS) is 13.9. The predicted octanol–water partition coefficient (Wildman–Crippen LogP) is 2.68. The van der Waals surface area contributed by atoms with E-state index in [0.29, 0.717) is 29.2 Å². The molecule has 0 fully saturated rings. The molecule has 0 amide bonds. The molecule has 0 unspecified atom stereocenters. The summed E-state index contributed by atoms with van der Waals surface area (Å²) in [4.78, 5) is 15.3. The lowest BCUT2D eigenvalue weighted by molar-refractivity contribution is -0.142. The molecule has 0 aliphatic rings. The lowest BCUT2D eigenvalue weighted by Gasteiger charge is -2.22. The van der Waals surface area contributed by atoms with E-state index in [1.54, 1.807) is 19.1 Å². The quantitative estimate of drug-likeness (QED) is 0.525. The molecule has 136 valence electrons. The highest BCUT2D eigenvalue weighted by Crippen LogP contribution is 2.27. The fraction of sp³-hybridized carbons (Fsp3) is 0.444. The number of nitrogens with one attached hydrogen (secondary N) is 1. The van der Waals surface area contributed by atoms with Crippen LogP contribution in [0.5, 0.6) is 0 Å². The van der Waals surface area contributed by atoms with Crippen LogP contribution in [0.3, 0.4) is 0 Å². The van der Waals surface area contributed by atoms with Crippen LogP contribution in [0, 0.1) is 0 Å². The van der Waals surface area contributed by atoms with Gasteiger partial charge in [0.05, 0.1) is 5.71 Å². The average Bonchev–Trinajstić information content (AvgIpc) is 2.95. The molecular formula is C18H24N2O5. The van der Waals surface area contributed by atoms with Crippen molar-refractivity contribution in [3.63, 3.8) is 0 Å². The van der Waals surface area contributed by atoms with Gasteiger partial charge in [0.25, 0.3) is 0 Å². The molecular weight excluding hydrogens is 324 g/mol. The highest BCUT2D eigenvalue weighted by Gasteiger charge is 2.18. The van der Waals surface area contributed by atoms with Crippen molar-refractivity contribution in [2.45, 2.75) is 39.3 Å². The third kappa shape index (κ3) is 5.30. The van der Waals surface area contributed by atoms with Gasteiger partial charge in [-0.3, -0.25) is 0 Å². The number of carbonyl (C=O) groups is 1. The lowest BCUT2D eigenvalue weighted by Crippen LogP contribution is -2.38. The van der Waals surface area contributed by atoms with Gasteiger partial charge >= 0.3 is 5.97 Å². The topological polar surface area (TPSA) is 104 Å². The number of hydrogen-bond donors (Lipinski definition) is 3. The second kappa shape index (κ2) is 7.67. The lowest BCUT2D eigenvalue weighted by atomic mass is 10.1. The molecule has 7 heteroatoms. The number of oxime groups is 1. The van der Waals surface area contributed by atoms with Crippen molar-refractivity contribution in [2.24, 2.45) is 5.16 Å². The fourth-order valence-electron chi connectivity index (χ4n) is 2.27. The second-order valence-electron chi connectivity index (χ2n) is 6.86.